The highest BCUT2D eigenvalue weighted by Crippen LogP contribution is 2.29. The van der Waals surface area contributed by atoms with Crippen LogP contribution in [-0.2, 0) is 0 Å². The van der Waals surface area contributed by atoms with Gasteiger partial charge in [0.25, 0.3) is 5.91 Å². The second-order valence-electron chi connectivity index (χ2n) is 6.43. The van der Waals surface area contributed by atoms with E-state index < -0.39 is 17.5 Å². The monoisotopic (exact) mass is 424 g/mol. The van der Waals surface area contributed by atoms with Crippen molar-refractivity contribution < 1.29 is 28.2 Å². The number of halogens is 1. The Hall–Kier alpha value is -3.94. The van der Waals surface area contributed by atoms with Gasteiger partial charge in [-0.3, -0.25) is 9.59 Å². The van der Waals surface area contributed by atoms with Gasteiger partial charge in [-0.25, -0.2) is 9.37 Å². The van der Waals surface area contributed by atoms with Crippen LogP contribution in [0.4, 0.5) is 4.39 Å². The molecule has 7 nitrogen and oxygen atoms in total. The van der Waals surface area contributed by atoms with Gasteiger partial charge in [0.1, 0.15) is 23.0 Å². The SMILES string of the molecule is COc1ccc(C(=O)NCC(=O)c2ccc(OC)c(-c3cccc(F)c3)n2)cc1OC. The van der Waals surface area contributed by atoms with Crippen LogP contribution in [0.5, 0.6) is 17.2 Å². The van der Waals surface area contributed by atoms with Crippen molar-refractivity contribution in [3.8, 4) is 28.5 Å². The molecule has 2 aromatic carbocycles. The number of aromatic nitrogens is 1. The summed E-state index contributed by atoms with van der Waals surface area (Å²) >= 11 is 0. The Kier molecular flexibility index (Phi) is 6.81. The number of pyridine rings is 1. The van der Waals surface area contributed by atoms with Crippen LogP contribution in [0.15, 0.2) is 54.6 Å². The summed E-state index contributed by atoms with van der Waals surface area (Å²) in [5.41, 5.74) is 1.24. The molecule has 1 heterocycles. The summed E-state index contributed by atoms with van der Waals surface area (Å²) in [6.45, 7) is -0.269. The molecule has 3 rings (SSSR count). The second-order valence-corrected chi connectivity index (χ2v) is 6.43. The molecule has 0 fully saturated rings. The van der Waals surface area contributed by atoms with Gasteiger partial charge in [0.05, 0.1) is 27.9 Å². The maximum absolute atomic E-state index is 13.6. The fourth-order valence-electron chi connectivity index (χ4n) is 2.94. The summed E-state index contributed by atoms with van der Waals surface area (Å²) in [5, 5.41) is 2.57. The standard InChI is InChI=1S/C23H21FN2O5/c1-29-19-9-7-15(12-21(19)31-3)23(28)25-13-18(27)17-8-10-20(30-2)22(26-17)14-5-4-6-16(24)11-14/h4-12H,13H2,1-3H3,(H,25,28). The lowest BCUT2D eigenvalue weighted by molar-refractivity contribution is 0.0902. The number of ether oxygens (including phenoxy) is 3. The molecule has 1 amide bonds. The van der Waals surface area contributed by atoms with Crippen molar-refractivity contribution in [2.75, 3.05) is 27.9 Å². The van der Waals surface area contributed by atoms with Gasteiger partial charge in [-0.15, -0.1) is 0 Å². The maximum Gasteiger partial charge on any atom is 0.251 e. The first-order chi connectivity index (χ1) is 15.0. The van der Waals surface area contributed by atoms with E-state index in [1.807, 2.05) is 0 Å². The Morgan fingerprint density at radius 3 is 2.29 bits per heavy atom. The highest BCUT2D eigenvalue weighted by molar-refractivity contribution is 6.01. The lowest BCUT2D eigenvalue weighted by atomic mass is 10.1. The van der Waals surface area contributed by atoms with Gasteiger partial charge < -0.3 is 19.5 Å². The Balaban J connectivity index is 1.76. The quantitative estimate of drug-likeness (QED) is 0.557. The molecule has 0 aliphatic carbocycles. The lowest BCUT2D eigenvalue weighted by Crippen LogP contribution is -2.30. The van der Waals surface area contributed by atoms with E-state index in [-0.39, 0.29) is 12.2 Å². The van der Waals surface area contributed by atoms with Gasteiger partial charge in [-0.05, 0) is 42.5 Å². The minimum Gasteiger partial charge on any atom is -0.494 e. The second kappa shape index (κ2) is 9.71. The molecule has 0 bridgehead atoms. The van der Waals surface area contributed by atoms with Gasteiger partial charge in [0.2, 0.25) is 0 Å². The zero-order valence-electron chi connectivity index (χ0n) is 17.3. The predicted octanol–water partition coefficient (Wildman–Crippen LogP) is 3.53. The molecule has 1 N–H and O–H groups in total. The molecular formula is C23H21FN2O5. The zero-order valence-corrected chi connectivity index (χ0v) is 17.3. The third-order valence-corrected chi connectivity index (χ3v) is 4.52. The fraction of sp³-hybridized carbons (Fsp3) is 0.174. The van der Waals surface area contributed by atoms with Crippen LogP contribution in [0.1, 0.15) is 20.8 Å². The summed E-state index contributed by atoms with van der Waals surface area (Å²) in [5.74, 6) is -0.000416. The summed E-state index contributed by atoms with van der Waals surface area (Å²) < 4.78 is 29.2. The molecule has 1 aromatic heterocycles. The van der Waals surface area contributed by atoms with Gasteiger partial charge in [-0.1, -0.05) is 12.1 Å². The molecule has 31 heavy (non-hydrogen) atoms. The average molecular weight is 424 g/mol. The normalized spacial score (nSPS) is 10.3. The van der Waals surface area contributed by atoms with Crippen LogP contribution in [0.25, 0.3) is 11.3 Å². The lowest BCUT2D eigenvalue weighted by Gasteiger charge is -2.11. The minimum absolute atomic E-state index is 0.118. The number of benzene rings is 2. The van der Waals surface area contributed by atoms with Crippen molar-refractivity contribution in [2.24, 2.45) is 0 Å². The third kappa shape index (κ3) is 4.98. The van der Waals surface area contributed by atoms with Crippen molar-refractivity contribution >= 4 is 11.7 Å². The van der Waals surface area contributed by atoms with Crippen LogP contribution >= 0.6 is 0 Å². The Labute approximate surface area is 178 Å². The molecule has 0 saturated carbocycles. The highest BCUT2D eigenvalue weighted by Gasteiger charge is 2.16. The maximum atomic E-state index is 13.6. The Bertz CT molecular complexity index is 1120. The van der Waals surface area contributed by atoms with E-state index in [9.17, 15) is 14.0 Å². The molecule has 0 radical (unpaired) electrons. The van der Waals surface area contributed by atoms with Crippen LogP contribution in [0.3, 0.4) is 0 Å². The van der Waals surface area contributed by atoms with Crippen molar-refractivity contribution in [3.63, 3.8) is 0 Å². The summed E-state index contributed by atoms with van der Waals surface area (Å²) in [7, 11) is 4.43. The van der Waals surface area contributed by atoms with Gasteiger partial charge >= 0.3 is 0 Å². The number of methoxy groups -OCH3 is 3. The number of amides is 1. The van der Waals surface area contributed by atoms with Gasteiger partial charge in [-0.2, -0.15) is 0 Å². The molecule has 0 spiro atoms. The van der Waals surface area contributed by atoms with E-state index in [1.165, 1.54) is 45.6 Å². The number of carbonyl (C=O) groups is 2. The predicted molar refractivity (Wildman–Crippen MR) is 112 cm³/mol. The fourth-order valence-corrected chi connectivity index (χ4v) is 2.94. The molecule has 0 atom stereocenters. The number of hydrogen-bond donors (Lipinski definition) is 1. The zero-order chi connectivity index (χ0) is 22.4. The summed E-state index contributed by atoms with van der Waals surface area (Å²) in [6, 6.07) is 13.6. The molecular weight excluding hydrogens is 403 g/mol. The van der Waals surface area contributed by atoms with E-state index in [2.05, 4.69) is 10.3 Å². The van der Waals surface area contributed by atoms with E-state index in [0.717, 1.165) is 0 Å². The third-order valence-electron chi connectivity index (χ3n) is 4.52. The largest absolute Gasteiger partial charge is 0.494 e. The first kappa shape index (κ1) is 21.8. The van der Waals surface area contributed by atoms with Gasteiger partial charge in [0.15, 0.2) is 17.3 Å². The number of rotatable bonds is 8. The Morgan fingerprint density at radius 2 is 1.61 bits per heavy atom. The Morgan fingerprint density at radius 1 is 0.903 bits per heavy atom. The molecule has 160 valence electrons. The van der Waals surface area contributed by atoms with Crippen molar-refractivity contribution in [1.82, 2.24) is 10.3 Å². The molecule has 8 heteroatoms. The smallest absolute Gasteiger partial charge is 0.251 e. The van der Waals surface area contributed by atoms with Crippen LogP contribution in [-0.4, -0.2) is 44.5 Å². The number of ketones is 1. The first-order valence-corrected chi connectivity index (χ1v) is 9.31. The van der Waals surface area contributed by atoms with Crippen molar-refractivity contribution in [3.05, 3.63) is 71.7 Å². The summed E-state index contributed by atoms with van der Waals surface area (Å²) in [4.78, 5) is 29.4. The van der Waals surface area contributed by atoms with Crippen LogP contribution < -0.4 is 19.5 Å². The molecule has 0 unspecified atom stereocenters. The number of Topliss-reactive ketones (excluding diaryl/α,β-unsaturated/α-hetero) is 1. The average Bonchev–Trinajstić information content (AvgIpc) is 2.81. The van der Waals surface area contributed by atoms with Gasteiger partial charge in [0, 0.05) is 11.1 Å². The van der Waals surface area contributed by atoms with Crippen LogP contribution in [0, 0.1) is 5.82 Å². The minimum atomic E-state index is -0.451. The topological polar surface area (TPSA) is 86.8 Å². The molecule has 3 aromatic rings. The van der Waals surface area contributed by atoms with E-state index in [1.54, 1.807) is 30.3 Å². The number of nitrogens with zero attached hydrogens (tertiary/aromatic N) is 1. The number of carbonyl (C=O) groups excluding carboxylic acids is 2. The first-order valence-electron chi connectivity index (χ1n) is 9.31. The molecule has 0 saturated heterocycles. The summed E-state index contributed by atoms with van der Waals surface area (Å²) in [6.07, 6.45) is 0. The van der Waals surface area contributed by atoms with E-state index in [0.29, 0.717) is 34.1 Å². The number of hydrogen-bond acceptors (Lipinski definition) is 6. The molecule has 0 aliphatic heterocycles. The highest BCUT2D eigenvalue weighted by atomic mass is 19.1. The molecule has 0 aliphatic rings. The van der Waals surface area contributed by atoms with Crippen molar-refractivity contribution in [1.29, 1.82) is 0 Å². The van der Waals surface area contributed by atoms with Crippen LogP contribution in [0.2, 0.25) is 0 Å². The number of nitrogens with one attached hydrogen (secondary N) is 1. The van der Waals surface area contributed by atoms with E-state index >= 15 is 0 Å². The van der Waals surface area contributed by atoms with Crippen molar-refractivity contribution in [2.45, 2.75) is 0 Å². The van der Waals surface area contributed by atoms with E-state index in [4.69, 9.17) is 14.2 Å².